The Morgan fingerprint density at radius 2 is 2.00 bits per heavy atom. The third-order valence-electron chi connectivity index (χ3n) is 2.79. The molecular weight excluding hydrogens is 319 g/mol. The first-order valence-corrected chi connectivity index (χ1v) is 7.13. The molecule has 0 spiro atoms. The van der Waals surface area contributed by atoms with Crippen molar-refractivity contribution >= 4 is 41.5 Å². The predicted molar refractivity (Wildman–Crippen MR) is 87.9 cm³/mol. The van der Waals surface area contributed by atoms with Gasteiger partial charge < -0.3 is 11.1 Å². The van der Waals surface area contributed by atoms with Crippen LogP contribution in [0.2, 0.25) is 10.0 Å². The van der Waals surface area contributed by atoms with Gasteiger partial charge in [-0.15, -0.1) is 12.4 Å². The summed E-state index contributed by atoms with van der Waals surface area (Å²) in [5.41, 5.74) is 6.72. The van der Waals surface area contributed by atoms with E-state index in [4.69, 9.17) is 28.9 Å². The molecule has 1 rings (SSSR count). The van der Waals surface area contributed by atoms with Gasteiger partial charge in [0.2, 0.25) is 5.91 Å². The topological polar surface area (TPSA) is 55.1 Å². The Kier molecular flexibility index (Phi) is 9.23. The number of carbonyl (C=O) groups is 1. The molecule has 0 aliphatic rings. The zero-order valence-electron chi connectivity index (χ0n) is 11.7. The molecule has 0 unspecified atom stereocenters. The predicted octanol–water partition coefficient (Wildman–Crippen LogP) is 3.45. The fraction of sp³-hybridized carbons (Fsp3) is 0.500. The number of nitrogens with two attached hydrogens (primary N) is 1. The Morgan fingerprint density at radius 1 is 1.35 bits per heavy atom. The van der Waals surface area contributed by atoms with Gasteiger partial charge in [0, 0.05) is 6.54 Å². The van der Waals surface area contributed by atoms with Crippen LogP contribution in [0, 0.1) is 5.92 Å². The average Bonchev–Trinajstić information content (AvgIpc) is 2.33. The summed E-state index contributed by atoms with van der Waals surface area (Å²) in [5, 5.41) is 3.89. The first-order chi connectivity index (χ1) is 8.91. The van der Waals surface area contributed by atoms with Gasteiger partial charge in [-0.1, -0.05) is 49.2 Å². The zero-order valence-corrected chi connectivity index (χ0v) is 14.0. The summed E-state index contributed by atoms with van der Waals surface area (Å²) in [6.45, 7) is 4.59. The summed E-state index contributed by atoms with van der Waals surface area (Å²) in [6.07, 6.45) is 1.32. The number of halogens is 3. The molecule has 0 saturated carbocycles. The standard InChI is InChI=1S/C14H20Cl2N2O.ClH/c1-9(2)8-12(17)14(19)18-7-6-10-4-3-5-11(15)13(10)16;/h3-5,9,12H,6-8,17H2,1-2H3,(H,18,19);1H/t12-;/m0./s1. The normalized spacial score (nSPS) is 11.9. The Hall–Kier alpha value is -0.480. The van der Waals surface area contributed by atoms with E-state index < -0.39 is 6.04 Å². The molecule has 6 heteroatoms. The molecule has 0 aromatic heterocycles. The van der Waals surface area contributed by atoms with Crippen molar-refractivity contribution in [2.75, 3.05) is 6.54 Å². The van der Waals surface area contributed by atoms with Gasteiger partial charge in [0.15, 0.2) is 0 Å². The van der Waals surface area contributed by atoms with Gasteiger partial charge in [-0.3, -0.25) is 4.79 Å². The lowest BCUT2D eigenvalue weighted by atomic mass is 10.0. The highest BCUT2D eigenvalue weighted by atomic mass is 35.5. The van der Waals surface area contributed by atoms with Gasteiger partial charge in [0.25, 0.3) is 0 Å². The summed E-state index contributed by atoms with van der Waals surface area (Å²) < 4.78 is 0. The van der Waals surface area contributed by atoms with Gasteiger partial charge in [0.1, 0.15) is 0 Å². The van der Waals surface area contributed by atoms with Crippen LogP contribution in [-0.4, -0.2) is 18.5 Å². The van der Waals surface area contributed by atoms with Gasteiger partial charge in [0.05, 0.1) is 16.1 Å². The summed E-state index contributed by atoms with van der Waals surface area (Å²) in [6, 6.07) is 5.03. The lowest BCUT2D eigenvalue weighted by Crippen LogP contribution is -2.42. The van der Waals surface area contributed by atoms with Crippen LogP contribution in [0.15, 0.2) is 18.2 Å². The van der Waals surface area contributed by atoms with E-state index >= 15 is 0 Å². The van der Waals surface area contributed by atoms with Crippen molar-refractivity contribution in [1.29, 1.82) is 0 Å². The summed E-state index contributed by atoms with van der Waals surface area (Å²) in [7, 11) is 0. The number of benzene rings is 1. The van der Waals surface area contributed by atoms with Gasteiger partial charge >= 0.3 is 0 Å². The monoisotopic (exact) mass is 338 g/mol. The largest absolute Gasteiger partial charge is 0.354 e. The Labute approximate surface area is 136 Å². The molecule has 3 nitrogen and oxygen atoms in total. The molecule has 0 fully saturated rings. The highest BCUT2D eigenvalue weighted by molar-refractivity contribution is 6.42. The second-order valence-electron chi connectivity index (χ2n) is 4.99. The van der Waals surface area contributed by atoms with Crippen molar-refractivity contribution in [2.24, 2.45) is 11.7 Å². The van der Waals surface area contributed by atoms with Crippen molar-refractivity contribution in [3.63, 3.8) is 0 Å². The first kappa shape index (κ1) is 19.5. The molecule has 3 N–H and O–H groups in total. The third-order valence-corrected chi connectivity index (χ3v) is 3.65. The number of hydrogen-bond donors (Lipinski definition) is 2. The van der Waals surface area contributed by atoms with Crippen LogP contribution in [0.4, 0.5) is 0 Å². The fourth-order valence-electron chi connectivity index (χ4n) is 1.81. The van der Waals surface area contributed by atoms with E-state index in [2.05, 4.69) is 5.32 Å². The lowest BCUT2D eigenvalue weighted by molar-refractivity contribution is -0.122. The smallest absolute Gasteiger partial charge is 0.236 e. The highest BCUT2D eigenvalue weighted by Gasteiger charge is 2.14. The summed E-state index contributed by atoms with van der Waals surface area (Å²) >= 11 is 12.0. The molecule has 0 radical (unpaired) electrons. The molecule has 0 heterocycles. The van der Waals surface area contributed by atoms with Crippen molar-refractivity contribution in [3.05, 3.63) is 33.8 Å². The number of rotatable bonds is 6. The van der Waals surface area contributed by atoms with Gasteiger partial charge in [-0.25, -0.2) is 0 Å². The Balaban J connectivity index is 0.00000361. The average molecular weight is 340 g/mol. The van der Waals surface area contributed by atoms with Crippen LogP contribution in [0.1, 0.15) is 25.8 Å². The molecule has 1 atom stereocenters. The van der Waals surface area contributed by atoms with E-state index in [0.29, 0.717) is 35.3 Å². The minimum Gasteiger partial charge on any atom is -0.354 e. The Bertz CT molecular complexity index is 438. The summed E-state index contributed by atoms with van der Waals surface area (Å²) in [4.78, 5) is 11.7. The molecule has 20 heavy (non-hydrogen) atoms. The minimum absolute atomic E-state index is 0. The Morgan fingerprint density at radius 3 is 2.60 bits per heavy atom. The number of hydrogen-bond acceptors (Lipinski definition) is 2. The fourth-order valence-corrected chi connectivity index (χ4v) is 2.22. The van der Waals surface area contributed by atoms with Crippen LogP contribution in [0.3, 0.4) is 0 Å². The number of carbonyl (C=O) groups excluding carboxylic acids is 1. The van der Waals surface area contributed by atoms with Crippen LogP contribution < -0.4 is 11.1 Å². The maximum atomic E-state index is 11.7. The SMILES string of the molecule is CC(C)C[C@H](N)C(=O)NCCc1cccc(Cl)c1Cl.Cl. The second kappa shape index (κ2) is 9.46. The minimum atomic E-state index is -0.449. The molecule has 1 aromatic carbocycles. The first-order valence-electron chi connectivity index (χ1n) is 6.38. The lowest BCUT2D eigenvalue weighted by Gasteiger charge is -2.14. The van der Waals surface area contributed by atoms with E-state index in [1.807, 2.05) is 26.0 Å². The molecule has 1 amide bonds. The number of amides is 1. The van der Waals surface area contributed by atoms with E-state index in [-0.39, 0.29) is 18.3 Å². The van der Waals surface area contributed by atoms with E-state index in [1.165, 1.54) is 0 Å². The van der Waals surface area contributed by atoms with Gasteiger partial charge in [-0.2, -0.15) is 0 Å². The molecule has 0 bridgehead atoms. The maximum absolute atomic E-state index is 11.7. The molecular formula is C14H21Cl3N2O. The van der Waals surface area contributed by atoms with Crippen LogP contribution >= 0.6 is 35.6 Å². The van der Waals surface area contributed by atoms with Crippen molar-refractivity contribution in [1.82, 2.24) is 5.32 Å². The zero-order chi connectivity index (χ0) is 14.4. The molecule has 1 aromatic rings. The van der Waals surface area contributed by atoms with E-state index in [0.717, 1.165) is 5.56 Å². The van der Waals surface area contributed by atoms with Crippen molar-refractivity contribution in [3.8, 4) is 0 Å². The van der Waals surface area contributed by atoms with Crippen LogP contribution in [0.5, 0.6) is 0 Å². The van der Waals surface area contributed by atoms with Gasteiger partial charge in [-0.05, 0) is 30.4 Å². The van der Waals surface area contributed by atoms with E-state index in [1.54, 1.807) is 6.07 Å². The van der Waals surface area contributed by atoms with Crippen LogP contribution in [0.25, 0.3) is 0 Å². The van der Waals surface area contributed by atoms with Crippen molar-refractivity contribution < 1.29 is 4.79 Å². The molecule has 0 aliphatic heterocycles. The highest BCUT2D eigenvalue weighted by Crippen LogP contribution is 2.25. The van der Waals surface area contributed by atoms with Crippen molar-refractivity contribution in [2.45, 2.75) is 32.7 Å². The number of nitrogens with one attached hydrogen (secondary N) is 1. The molecule has 0 aliphatic carbocycles. The quantitative estimate of drug-likeness (QED) is 0.834. The maximum Gasteiger partial charge on any atom is 0.236 e. The molecule has 114 valence electrons. The van der Waals surface area contributed by atoms with Crippen LogP contribution in [-0.2, 0) is 11.2 Å². The summed E-state index contributed by atoms with van der Waals surface area (Å²) in [5.74, 6) is 0.287. The van der Waals surface area contributed by atoms with E-state index in [9.17, 15) is 4.79 Å². The second-order valence-corrected chi connectivity index (χ2v) is 5.78. The third kappa shape index (κ3) is 6.31. The molecule has 0 saturated heterocycles.